The zero-order chi connectivity index (χ0) is 6.85. The van der Waals surface area contributed by atoms with Crippen LogP contribution < -0.4 is 0 Å². The van der Waals surface area contributed by atoms with Crippen LogP contribution >= 0.6 is 0 Å². The van der Waals surface area contributed by atoms with Crippen LogP contribution in [0.4, 0.5) is 0 Å². The van der Waals surface area contributed by atoms with Gasteiger partial charge in [0.15, 0.2) is 5.75 Å². The number of hydrogen-bond donors (Lipinski definition) is 0. The molecule has 0 atom stereocenters. The minimum absolute atomic E-state index is 0.126. The Kier molecular flexibility index (Phi) is 1.43. The van der Waals surface area contributed by atoms with E-state index in [1.54, 1.807) is 6.07 Å². The number of aryl methyl sites for hydroxylation is 2. The zero-order valence-corrected chi connectivity index (χ0v) is 5.64. The Morgan fingerprint density at radius 1 is 1.22 bits per heavy atom. The molecule has 1 radical (unpaired) electrons. The third-order valence-electron chi connectivity index (χ3n) is 1.33. The summed E-state index contributed by atoms with van der Waals surface area (Å²) in [6, 6.07) is 5.32. The van der Waals surface area contributed by atoms with Gasteiger partial charge >= 0.3 is 0 Å². The van der Waals surface area contributed by atoms with Crippen molar-refractivity contribution < 1.29 is 5.11 Å². The molecule has 0 N–H and O–H groups in total. The van der Waals surface area contributed by atoms with Crippen LogP contribution in [0.25, 0.3) is 0 Å². The maximum absolute atomic E-state index is 10.8. The molecule has 1 heteroatoms. The highest BCUT2D eigenvalue weighted by molar-refractivity contribution is 5.33. The van der Waals surface area contributed by atoms with E-state index < -0.39 is 0 Å². The molecule has 0 unspecified atom stereocenters. The molecule has 47 valence electrons. The first-order valence-electron chi connectivity index (χ1n) is 2.94. The van der Waals surface area contributed by atoms with Gasteiger partial charge in [-0.05, 0) is 25.5 Å². The lowest BCUT2D eigenvalue weighted by atomic mass is 10.1. The Hall–Kier alpha value is -0.980. The second-order valence-corrected chi connectivity index (χ2v) is 2.27. The summed E-state index contributed by atoms with van der Waals surface area (Å²) in [5, 5.41) is 10.8. The van der Waals surface area contributed by atoms with E-state index in [-0.39, 0.29) is 5.75 Å². The van der Waals surface area contributed by atoms with E-state index in [1.165, 1.54) is 0 Å². The second-order valence-electron chi connectivity index (χ2n) is 2.27. The fourth-order valence-corrected chi connectivity index (χ4v) is 0.799. The quantitative estimate of drug-likeness (QED) is 0.502. The predicted molar refractivity (Wildman–Crippen MR) is 36.0 cm³/mol. The molecule has 0 saturated heterocycles. The highest BCUT2D eigenvalue weighted by Gasteiger charge is 1.94. The monoisotopic (exact) mass is 121 g/mol. The molecule has 0 aliphatic rings. The summed E-state index contributed by atoms with van der Waals surface area (Å²) in [6.45, 7) is 3.81. The molecule has 9 heavy (non-hydrogen) atoms. The summed E-state index contributed by atoms with van der Waals surface area (Å²) in [5.74, 6) is 0.126. The van der Waals surface area contributed by atoms with Gasteiger partial charge in [0.05, 0.1) is 0 Å². The Labute approximate surface area is 55.0 Å². The van der Waals surface area contributed by atoms with Gasteiger partial charge in [-0.2, -0.15) is 0 Å². The fraction of sp³-hybridized carbons (Fsp3) is 0.250. The summed E-state index contributed by atoms with van der Waals surface area (Å²) >= 11 is 0. The van der Waals surface area contributed by atoms with Crippen molar-refractivity contribution in [3.63, 3.8) is 0 Å². The minimum Gasteiger partial charge on any atom is -0.290 e. The Morgan fingerprint density at radius 3 is 2.33 bits per heavy atom. The Morgan fingerprint density at radius 2 is 1.89 bits per heavy atom. The summed E-state index contributed by atoms with van der Waals surface area (Å²) in [7, 11) is 0. The van der Waals surface area contributed by atoms with Crippen molar-refractivity contribution in [1.29, 1.82) is 0 Å². The van der Waals surface area contributed by atoms with E-state index in [4.69, 9.17) is 0 Å². The number of hydrogen-bond acceptors (Lipinski definition) is 0. The number of rotatable bonds is 0. The molecule has 1 rings (SSSR count). The molecule has 1 aromatic carbocycles. The SMILES string of the molecule is Cc1ccc([O])c(C)c1. The lowest BCUT2D eigenvalue weighted by Gasteiger charge is -1.94. The van der Waals surface area contributed by atoms with Gasteiger partial charge in [-0.15, -0.1) is 0 Å². The molecule has 0 spiro atoms. The maximum Gasteiger partial charge on any atom is 0.181 e. The second kappa shape index (κ2) is 2.09. The predicted octanol–water partition coefficient (Wildman–Crippen LogP) is 2.45. The first kappa shape index (κ1) is 6.14. The van der Waals surface area contributed by atoms with E-state index >= 15 is 0 Å². The lowest BCUT2D eigenvalue weighted by Crippen LogP contribution is -1.74. The van der Waals surface area contributed by atoms with Crippen LogP contribution in [0.2, 0.25) is 0 Å². The highest BCUT2D eigenvalue weighted by atomic mass is 16.3. The van der Waals surface area contributed by atoms with Crippen LogP contribution in [0.3, 0.4) is 0 Å². The third-order valence-corrected chi connectivity index (χ3v) is 1.33. The molecular weight excluding hydrogens is 112 g/mol. The first-order chi connectivity index (χ1) is 4.20. The average Bonchev–Trinajstić information content (AvgIpc) is 1.80. The molecule has 0 aliphatic heterocycles. The van der Waals surface area contributed by atoms with Gasteiger partial charge in [-0.3, -0.25) is 5.11 Å². The van der Waals surface area contributed by atoms with Gasteiger partial charge in [0.25, 0.3) is 0 Å². The Balaban J connectivity index is 3.17. The van der Waals surface area contributed by atoms with Crippen molar-refractivity contribution in [2.75, 3.05) is 0 Å². The maximum atomic E-state index is 10.8. The van der Waals surface area contributed by atoms with Crippen molar-refractivity contribution in [2.45, 2.75) is 13.8 Å². The van der Waals surface area contributed by atoms with E-state index in [0.717, 1.165) is 11.1 Å². The molecule has 0 amide bonds. The van der Waals surface area contributed by atoms with E-state index in [9.17, 15) is 5.11 Å². The molecular formula is C8H9O. The molecule has 1 aromatic rings. The van der Waals surface area contributed by atoms with Crippen LogP contribution in [-0.4, -0.2) is 0 Å². The van der Waals surface area contributed by atoms with Gasteiger partial charge in [0.2, 0.25) is 0 Å². The van der Waals surface area contributed by atoms with Crippen molar-refractivity contribution in [1.82, 2.24) is 0 Å². The van der Waals surface area contributed by atoms with Gasteiger partial charge in [-0.25, -0.2) is 0 Å². The van der Waals surface area contributed by atoms with Gasteiger partial charge in [0.1, 0.15) is 0 Å². The standard InChI is InChI=1S/C8H9O/c1-6-3-4-8(9)7(2)5-6/h3-5H,1-2H3. The largest absolute Gasteiger partial charge is 0.290 e. The van der Waals surface area contributed by atoms with E-state index in [1.807, 2.05) is 26.0 Å². The fourth-order valence-electron chi connectivity index (χ4n) is 0.799. The van der Waals surface area contributed by atoms with Crippen LogP contribution in [0.1, 0.15) is 11.1 Å². The lowest BCUT2D eigenvalue weighted by molar-refractivity contribution is 0.351. The van der Waals surface area contributed by atoms with Gasteiger partial charge < -0.3 is 0 Å². The summed E-state index contributed by atoms with van der Waals surface area (Å²) in [4.78, 5) is 0. The van der Waals surface area contributed by atoms with Crippen LogP contribution in [-0.2, 0) is 5.11 Å². The smallest absolute Gasteiger partial charge is 0.181 e. The highest BCUT2D eigenvalue weighted by Crippen LogP contribution is 2.16. The normalized spacial score (nSPS) is 9.56. The van der Waals surface area contributed by atoms with E-state index in [2.05, 4.69) is 0 Å². The first-order valence-corrected chi connectivity index (χ1v) is 2.94. The molecule has 0 heterocycles. The van der Waals surface area contributed by atoms with Crippen molar-refractivity contribution >= 4 is 0 Å². The van der Waals surface area contributed by atoms with Crippen molar-refractivity contribution in [2.24, 2.45) is 0 Å². The van der Waals surface area contributed by atoms with Crippen LogP contribution in [0.5, 0.6) is 5.75 Å². The molecule has 0 saturated carbocycles. The average molecular weight is 121 g/mol. The summed E-state index contributed by atoms with van der Waals surface area (Å²) in [6.07, 6.45) is 0. The Bertz CT molecular complexity index is 216. The molecule has 0 bridgehead atoms. The molecule has 1 nitrogen and oxygen atoms in total. The van der Waals surface area contributed by atoms with Crippen LogP contribution in [0.15, 0.2) is 18.2 Å². The van der Waals surface area contributed by atoms with Crippen molar-refractivity contribution in [3.8, 4) is 5.75 Å². The number of benzene rings is 1. The topological polar surface area (TPSA) is 19.9 Å². The van der Waals surface area contributed by atoms with Crippen LogP contribution in [0, 0.1) is 13.8 Å². The summed E-state index contributed by atoms with van der Waals surface area (Å²) < 4.78 is 0. The zero-order valence-electron chi connectivity index (χ0n) is 5.64. The molecule has 0 fully saturated rings. The molecule has 0 aromatic heterocycles. The third kappa shape index (κ3) is 1.22. The minimum atomic E-state index is 0.126. The van der Waals surface area contributed by atoms with E-state index in [0.29, 0.717) is 0 Å². The van der Waals surface area contributed by atoms with Gasteiger partial charge in [-0.1, -0.05) is 17.7 Å². The van der Waals surface area contributed by atoms with Gasteiger partial charge in [0, 0.05) is 0 Å². The molecule has 0 aliphatic carbocycles. The van der Waals surface area contributed by atoms with Crippen molar-refractivity contribution in [3.05, 3.63) is 29.3 Å². The summed E-state index contributed by atoms with van der Waals surface area (Å²) in [5.41, 5.74) is 1.97.